The number of rotatable bonds is 4. The molecular formula is C19H26F2N2O. The van der Waals surface area contributed by atoms with Crippen molar-refractivity contribution in [1.29, 1.82) is 0 Å². The molecule has 1 aromatic rings. The lowest BCUT2D eigenvalue weighted by atomic mass is 9.78. The van der Waals surface area contributed by atoms with Gasteiger partial charge in [0.05, 0.1) is 0 Å². The molecule has 3 rings (SSSR count). The van der Waals surface area contributed by atoms with Gasteiger partial charge in [0.25, 0.3) is 0 Å². The third kappa shape index (κ3) is 3.46. The summed E-state index contributed by atoms with van der Waals surface area (Å²) in [6.07, 6.45) is 5.29. The second-order valence-corrected chi connectivity index (χ2v) is 7.38. The summed E-state index contributed by atoms with van der Waals surface area (Å²) in [6.45, 7) is 2.27. The Morgan fingerprint density at radius 1 is 1.25 bits per heavy atom. The summed E-state index contributed by atoms with van der Waals surface area (Å²) in [5.41, 5.74) is -0.0449. The largest absolute Gasteiger partial charge is 0.355 e. The number of hydrogen-bond donors (Lipinski definition) is 1. The van der Waals surface area contributed by atoms with Crippen LogP contribution in [0, 0.1) is 17.6 Å². The van der Waals surface area contributed by atoms with Gasteiger partial charge in [0.1, 0.15) is 0 Å². The molecule has 1 amide bonds. The molecule has 24 heavy (non-hydrogen) atoms. The van der Waals surface area contributed by atoms with Crippen molar-refractivity contribution in [2.24, 2.45) is 5.92 Å². The molecule has 1 aromatic carbocycles. The van der Waals surface area contributed by atoms with Gasteiger partial charge >= 0.3 is 0 Å². The molecule has 1 heterocycles. The van der Waals surface area contributed by atoms with Gasteiger partial charge in [0, 0.05) is 17.9 Å². The minimum Gasteiger partial charge on any atom is -0.355 e. The highest BCUT2D eigenvalue weighted by molar-refractivity contribution is 5.78. The maximum atomic E-state index is 14.3. The number of hydrogen-bond acceptors (Lipinski definition) is 2. The Bertz CT molecular complexity index is 591. The lowest BCUT2D eigenvalue weighted by molar-refractivity contribution is -0.126. The molecule has 1 aliphatic heterocycles. The zero-order valence-corrected chi connectivity index (χ0v) is 14.3. The van der Waals surface area contributed by atoms with Crippen LogP contribution in [0.15, 0.2) is 18.2 Å². The fraction of sp³-hybridized carbons (Fsp3) is 0.632. The minimum atomic E-state index is -0.805. The number of halogens is 2. The van der Waals surface area contributed by atoms with E-state index in [4.69, 9.17) is 0 Å². The summed E-state index contributed by atoms with van der Waals surface area (Å²) in [5, 5.41) is 3.05. The molecule has 132 valence electrons. The van der Waals surface area contributed by atoms with E-state index in [1.54, 1.807) is 12.1 Å². The van der Waals surface area contributed by atoms with Gasteiger partial charge in [-0.25, -0.2) is 8.78 Å². The van der Waals surface area contributed by atoms with Crippen LogP contribution in [0.1, 0.15) is 44.1 Å². The highest BCUT2D eigenvalue weighted by Crippen LogP contribution is 2.42. The highest BCUT2D eigenvalue weighted by atomic mass is 19.2. The number of piperidine rings is 1. The van der Waals surface area contributed by atoms with Crippen LogP contribution in [0.25, 0.3) is 0 Å². The Balaban J connectivity index is 1.70. The van der Waals surface area contributed by atoms with Gasteiger partial charge in [-0.3, -0.25) is 4.79 Å². The molecule has 0 unspecified atom stereocenters. The molecule has 2 aliphatic rings. The predicted molar refractivity (Wildman–Crippen MR) is 89.7 cm³/mol. The van der Waals surface area contributed by atoms with Crippen LogP contribution in [0.4, 0.5) is 8.78 Å². The lowest BCUT2D eigenvalue weighted by Gasteiger charge is -2.32. The summed E-state index contributed by atoms with van der Waals surface area (Å²) in [4.78, 5) is 14.7. The van der Waals surface area contributed by atoms with Crippen molar-refractivity contribution < 1.29 is 13.6 Å². The van der Waals surface area contributed by atoms with Gasteiger partial charge in [-0.05, 0) is 57.5 Å². The van der Waals surface area contributed by atoms with Crippen molar-refractivity contribution in [3.05, 3.63) is 35.4 Å². The Morgan fingerprint density at radius 3 is 2.58 bits per heavy atom. The van der Waals surface area contributed by atoms with E-state index in [2.05, 4.69) is 17.3 Å². The van der Waals surface area contributed by atoms with E-state index in [0.29, 0.717) is 12.1 Å². The van der Waals surface area contributed by atoms with Crippen molar-refractivity contribution in [3.63, 3.8) is 0 Å². The van der Waals surface area contributed by atoms with Gasteiger partial charge < -0.3 is 10.2 Å². The number of benzene rings is 1. The number of carbonyl (C=O) groups is 1. The van der Waals surface area contributed by atoms with Crippen LogP contribution in [-0.4, -0.2) is 37.5 Å². The number of nitrogens with one attached hydrogen (secondary N) is 1. The molecule has 3 nitrogen and oxygen atoms in total. The van der Waals surface area contributed by atoms with Gasteiger partial charge in [0.2, 0.25) is 5.91 Å². The summed E-state index contributed by atoms with van der Waals surface area (Å²) in [5.74, 6) is -1.46. The SMILES string of the molecule is CN1CCC(C(=O)NCC2(c3cccc(F)c3F)CCCC2)CC1. The zero-order valence-electron chi connectivity index (χ0n) is 14.3. The smallest absolute Gasteiger partial charge is 0.223 e. The van der Waals surface area contributed by atoms with E-state index in [9.17, 15) is 13.6 Å². The number of carbonyl (C=O) groups excluding carboxylic acids is 1. The standard InChI is InChI=1S/C19H26F2N2O/c1-23-11-7-14(8-12-23)18(24)22-13-19(9-2-3-10-19)15-5-4-6-16(20)17(15)21/h4-6,14H,2-3,7-13H2,1H3,(H,22,24). The van der Waals surface area contributed by atoms with Gasteiger partial charge in [-0.2, -0.15) is 0 Å². The molecule has 5 heteroatoms. The molecular weight excluding hydrogens is 310 g/mol. The van der Waals surface area contributed by atoms with Gasteiger partial charge in [-0.15, -0.1) is 0 Å². The predicted octanol–water partition coefficient (Wildman–Crippen LogP) is 3.23. The average molecular weight is 336 g/mol. The maximum absolute atomic E-state index is 14.3. The maximum Gasteiger partial charge on any atom is 0.223 e. The summed E-state index contributed by atoms with van der Waals surface area (Å²) < 4.78 is 28.0. The zero-order chi connectivity index (χ0) is 17.2. The van der Waals surface area contributed by atoms with Crippen LogP contribution in [0.2, 0.25) is 0 Å². The first-order chi connectivity index (χ1) is 11.5. The molecule has 0 atom stereocenters. The molecule has 1 aliphatic carbocycles. The normalized spacial score (nSPS) is 21.8. The van der Waals surface area contributed by atoms with E-state index in [1.807, 2.05) is 0 Å². The number of nitrogens with zero attached hydrogens (tertiary/aromatic N) is 1. The fourth-order valence-electron chi connectivity index (χ4n) is 4.18. The first-order valence-corrected chi connectivity index (χ1v) is 8.93. The molecule has 0 bridgehead atoms. The molecule has 1 saturated carbocycles. The van der Waals surface area contributed by atoms with Crippen molar-refractivity contribution >= 4 is 5.91 Å². The van der Waals surface area contributed by atoms with Crippen molar-refractivity contribution in [2.45, 2.75) is 43.9 Å². The third-order valence-electron chi connectivity index (χ3n) is 5.77. The summed E-state index contributed by atoms with van der Waals surface area (Å²) in [7, 11) is 2.06. The molecule has 1 N–H and O–H groups in total. The molecule has 1 saturated heterocycles. The molecule has 2 fully saturated rings. The monoisotopic (exact) mass is 336 g/mol. The summed E-state index contributed by atoms with van der Waals surface area (Å²) >= 11 is 0. The first kappa shape index (κ1) is 17.3. The quantitative estimate of drug-likeness (QED) is 0.915. The van der Waals surface area contributed by atoms with E-state index in [0.717, 1.165) is 57.7 Å². The fourth-order valence-corrected chi connectivity index (χ4v) is 4.18. The van der Waals surface area contributed by atoms with Crippen molar-refractivity contribution in [2.75, 3.05) is 26.7 Å². The van der Waals surface area contributed by atoms with Gasteiger partial charge in [0.15, 0.2) is 11.6 Å². The van der Waals surface area contributed by atoms with Crippen LogP contribution >= 0.6 is 0 Å². The summed E-state index contributed by atoms with van der Waals surface area (Å²) in [6, 6.07) is 4.39. The molecule has 0 aromatic heterocycles. The Morgan fingerprint density at radius 2 is 1.92 bits per heavy atom. The molecule has 0 radical (unpaired) electrons. The number of amides is 1. The Labute approximate surface area is 142 Å². The van der Waals surface area contributed by atoms with E-state index >= 15 is 0 Å². The van der Waals surface area contributed by atoms with Crippen LogP contribution in [-0.2, 0) is 10.2 Å². The van der Waals surface area contributed by atoms with Crippen molar-refractivity contribution in [3.8, 4) is 0 Å². The van der Waals surface area contributed by atoms with Crippen LogP contribution in [0.3, 0.4) is 0 Å². The number of likely N-dealkylation sites (tertiary alicyclic amines) is 1. The first-order valence-electron chi connectivity index (χ1n) is 8.93. The van der Waals surface area contributed by atoms with E-state index in [-0.39, 0.29) is 11.8 Å². The third-order valence-corrected chi connectivity index (χ3v) is 5.77. The van der Waals surface area contributed by atoms with E-state index in [1.165, 1.54) is 0 Å². The lowest BCUT2D eigenvalue weighted by Crippen LogP contribution is -2.44. The minimum absolute atomic E-state index is 0.0389. The topological polar surface area (TPSA) is 32.3 Å². The second kappa shape index (κ2) is 7.18. The Hall–Kier alpha value is -1.49. The highest BCUT2D eigenvalue weighted by Gasteiger charge is 2.39. The van der Waals surface area contributed by atoms with Crippen molar-refractivity contribution in [1.82, 2.24) is 10.2 Å². The van der Waals surface area contributed by atoms with Gasteiger partial charge in [-0.1, -0.05) is 25.0 Å². The van der Waals surface area contributed by atoms with E-state index < -0.39 is 17.0 Å². The molecule has 0 spiro atoms. The van der Waals surface area contributed by atoms with Crippen LogP contribution in [0.5, 0.6) is 0 Å². The Kier molecular flexibility index (Phi) is 5.18. The van der Waals surface area contributed by atoms with Crippen LogP contribution < -0.4 is 5.32 Å². The second-order valence-electron chi connectivity index (χ2n) is 7.38. The average Bonchev–Trinajstić information content (AvgIpc) is 3.06.